The molecule has 126 valence electrons. The van der Waals surface area contributed by atoms with Crippen molar-refractivity contribution in [2.24, 2.45) is 23.7 Å². The Labute approximate surface area is 139 Å². The molecule has 0 saturated heterocycles. The standard InChI is InChI=1S/C18H20N2O4/c1-9-7-13(5-6-14(9)19-10(2)21)20-17(22)15-11-3-4-12(8-11)16(15)18(23)24/h3-7,11-12,15-16H,8H2,1-2H3,(H,19,21)(H,20,22)(H,23,24)/t11-,12-,15+,16+/m0/s1. The number of fused-ring (bicyclic) bond motifs is 2. The smallest absolute Gasteiger partial charge is 0.307 e. The first-order valence-corrected chi connectivity index (χ1v) is 7.97. The molecule has 0 aromatic heterocycles. The van der Waals surface area contributed by atoms with Crippen molar-refractivity contribution in [1.82, 2.24) is 0 Å². The molecule has 3 N–H and O–H groups in total. The van der Waals surface area contributed by atoms with E-state index in [1.165, 1.54) is 6.92 Å². The highest BCUT2D eigenvalue weighted by atomic mass is 16.4. The maximum atomic E-state index is 12.6. The van der Waals surface area contributed by atoms with E-state index in [1.54, 1.807) is 18.2 Å². The van der Waals surface area contributed by atoms with Gasteiger partial charge in [-0.05, 0) is 48.9 Å². The lowest BCUT2D eigenvalue weighted by Gasteiger charge is -2.24. The van der Waals surface area contributed by atoms with E-state index < -0.39 is 17.8 Å². The van der Waals surface area contributed by atoms with Crippen molar-refractivity contribution in [1.29, 1.82) is 0 Å². The summed E-state index contributed by atoms with van der Waals surface area (Å²) < 4.78 is 0. The molecule has 0 heterocycles. The molecular weight excluding hydrogens is 308 g/mol. The molecule has 1 aromatic rings. The first kappa shape index (κ1) is 16.2. The largest absolute Gasteiger partial charge is 0.481 e. The lowest BCUT2D eigenvalue weighted by molar-refractivity contribution is -0.146. The fourth-order valence-corrected chi connectivity index (χ4v) is 3.81. The highest BCUT2D eigenvalue weighted by Gasteiger charge is 2.51. The maximum absolute atomic E-state index is 12.6. The lowest BCUT2D eigenvalue weighted by Crippen LogP contribution is -2.36. The maximum Gasteiger partial charge on any atom is 0.307 e. The van der Waals surface area contributed by atoms with Crippen molar-refractivity contribution in [3.63, 3.8) is 0 Å². The zero-order chi connectivity index (χ0) is 17.4. The number of aryl methyl sites for hydroxylation is 1. The third-order valence-electron chi connectivity index (χ3n) is 4.85. The Morgan fingerprint density at radius 2 is 1.75 bits per heavy atom. The molecule has 1 fully saturated rings. The molecule has 3 rings (SSSR count). The van der Waals surface area contributed by atoms with E-state index in [4.69, 9.17) is 0 Å². The van der Waals surface area contributed by atoms with Crippen LogP contribution in [0, 0.1) is 30.6 Å². The number of hydrogen-bond donors (Lipinski definition) is 3. The number of amides is 2. The van der Waals surface area contributed by atoms with Crippen LogP contribution >= 0.6 is 0 Å². The molecule has 0 aliphatic heterocycles. The number of benzene rings is 1. The average molecular weight is 328 g/mol. The molecule has 2 aliphatic carbocycles. The number of carbonyl (C=O) groups is 3. The fraction of sp³-hybridized carbons (Fsp3) is 0.389. The SMILES string of the molecule is CC(=O)Nc1ccc(NC(=O)[C@H]2[C@H](C(=O)O)[C@H]3C=C[C@H]2C3)cc1C. The third-order valence-corrected chi connectivity index (χ3v) is 4.85. The van der Waals surface area contributed by atoms with Crippen LogP contribution in [-0.2, 0) is 14.4 Å². The van der Waals surface area contributed by atoms with Gasteiger partial charge in [-0.25, -0.2) is 0 Å². The Morgan fingerprint density at radius 1 is 1.08 bits per heavy atom. The number of aliphatic carboxylic acids is 1. The van der Waals surface area contributed by atoms with Crippen molar-refractivity contribution in [3.8, 4) is 0 Å². The number of carbonyl (C=O) groups excluding carboxylic acids is 2. The van der Waals surface area contributed by atoms with Crippen LogP contribution in [0.3, 0.4) is 0 Å². The van der Waals surface area contributed by atoms with Crippen LogP contribution in [0.5, 0.6) is 0 Å². The van der Waals surface area contributed by atoms with Crippen LogP contribution in [0.1, 0.15) is 18.9 Å². The summed E-state index contributed by atoms with van der Waals surface area (Å²) in [6.45, 7) is 3.27. The molecule has 1 saturated carbocycles. The van der Waals surface area contributed by atoms with Crippen molar-refractivity contribution in [2.75, 3.05) is 10.6 Å². The quantitative estimate of drug-likeness (QED) is 0.740. The lowest BCUT2D eigenvalue weighted by atomic mass is 9.82. The zero-order valence-corrected chi connectivity index (χ0v) is 13.6. The predicted molar refractivity (Wildman–Crippen MR) is 89.5 cm³/mol. The van der Waals surface area contributed by atoms with Crippen molar-refractivity contribution in [3.05, 3.63) is 35.9 Å². The molecule has 2 aliphatic rings. The summed E-state index contributed by atoms with van der Waals surface area (Å²) in [5.74, 6) is -2.57. The molecule has 2 bridgehead atoms. The highest BCUT2D eigenvalue weighted by molar-refractivity contribution is 5.97. The topological polar surface area (TPSA) is 95.5 Å². The number of nitrogens with one attached hydrogen (secondary N) is 2. The number of carboxylic acid groups (broad SMARTS) is 1. The minimum Gasteiger partial charge on any atom is -0.481 e. The number of allylic oxidation sites excluding steroid dienone is 2. The Morgan fingerprint density at radius 3 is 2.33 bits per heavy atom. The minimum atomic E-state index is -0.913. The Balaban J connectivity index is 1.75. The second-order valence-electron chi connectivity index (χ2n) is 6.54. The van der Waals surface area contributed by atoms with Crippen LogP contribution in [0.25, 0.3) is 0 Å². The van der Waals surface area contributed by atoms with Crippen LogP contribution in [0.4, 0.5) is 11.4 Å². The molecule has 4 atom stereocenters. The van der Waals surface area contributed by atoms with Gasteiger partial charge in [-0.2, -0.15) is 0 Å². The molecule has 0 spiro atoms. The zero-order valence-electron chi connectivity index (χ0n) is 13.6. The van der Waals surface area contributed by atoms with E-state index in [0.717, 1.165) is 12.0 Å². The molecule has 2 amide bonds. The van der Waals surface area contributed by atoms with Crippen molar-refractivity contribution in [2.45, 2.75) is 20.3 Å². The summed E-state index contributed by atoms with van der Waals surface area (Å²) in [4.78, 5) is 35.3. The van der Waals surface area contributed by atoms with Gasteiger partial charge >= 0.3 is 5.97 Å². The average Bonchev–Trinajstić information content (AvgIpc) is 3.10. The summed E-state index contributed by atoms with van der Waals surface area (Å²) in [7, 11) is 0. The van der Waals surface area contributed by atoms with Gasteiger partial charge in [-0.15, -0.1) is 0 Å². The summed E-state index contributed by atoms with van der Waals surface area (Å²) in [5, 5.41) is 15.0. The Hall–Kier alpha value is -2.63. The molecule has 6 heteroatoms. The summed E-state index contributed by atoms with van der Waals surface area (Å²) >= 11 is 0. The van der Waals surface area contributed by atoms with Crippen molar-refractivity contribution >= 4 is 29.2 Å². The molecule has 0 unspecified atom stereocenters. The monoisotopic (exact) mass is 328 g/mol. The summed E-state index contributed by atoms with van der Waals surface area (Å²) in [6.07, 6.45) is 4.61. The van der Waals surface area contributed by atoms with Gasteiger partial charge in [0.2, 0.25) is 11.8 Å². The van der Waals surface area contributed by atoms with Crippen LogP contribution < -0.4 is 10.6 Å². The minimum absolute atomic E-state index is 0.00384. The molecule has 24 heavy (non-hydrogen) atoms. The van der Waals surface area contributed by atoms with E-state index in [1.807, 2.05) is 19.1 Å². The van der Waals surface area contributed by atoms with Gasteiger partial charge in [0.05, 0.1) is 11.8 Å². The summed E-state index contributed by atoms with van der Waals surface area (Å²) in [5.41, 5.74) is 2.11. The van der Waals surface area contributed by atoms with Crippen LogP contribution in [0.15, 0.2) is 30.4 Å². The van der Waals surface area contributed by atoms with Crippen LogP contribution in [0.2, 0.25) is 0 Å². The third kappa shape index (κ3) is 2.91. The Kier molecular flexibility index (Phi) is 4.13. The summed E-state index contributed by atoms with van der Waals surface area (Å²) in [6, 6.07) is 5.19. The van der Waals surface area contributed by atoms with E-state index in [2.05, 4.69) is 10.6 Å². The Bertz CT molecular complexity index is 741. The molecule has 6 nitrogen and oxygen atoms in total. The second-order valence-corrected chi connectivity index (χ2v) is 6.54. The second kappa shape index (κ2) is 6.11. The molecule has 1 aromatic carbocycles. The van der Waals surface area contributed by atoms with E-state index in [9.17, 15) is 19.5 Å². The van der Waals surface area contributed by atoms with E-state index in [0.29, 0.717) is 11.4 Å². The van der Waals surface area contributed by atoms with Gasteiger partial charge in [0.15, 0.2) is 0 Å². The van der Waals surface area contributed by atoms with E-state index >= 15 is 0 Å². The normalized spacial score (nSPS) is 27.1. The van der Waals surface area contributed by atoms with Gasteiger partial charge in [0, 0.05) is 18.3 Å². The number of rotatable bonds is 4. The van der Waals surface area contributed by atoms with E-state index in [-0.39, 0.29) is 23.7 Å². The van der Waals surface area contributed by atoms with Crippen molar-refractivity contribution < 1.29 is 19.5 Å². The number of anilines is 2. The van der Waals surface area contributed by atoms with Crippen LogP contribution in [-0.4, -0.2) is 22.9 Å². The van der Waals surface area contributed by atoms with Gasteiger partial charge in [-0.1, -0.05) is 12.2 Å². The first-order valence-electron chi connectivity index (χ1n) is 7.97. The highest BCUT2D eigenvalue weighted by Crippen LogP contribution is 2.48. The molecular formula is C18H20N2O4. The number of hydrogen-bond acceptors (Lipinski definition) is 3. The van der Waals surface area contributed by atoms with Gasteiger partial charge < -0.3 is 15.7 Å². The first-order chi connectivity index (χ1) is 11.4. The number of carboxylic acids is 1. The van der Waals surface area contributed by atoms with Gasteiger partial charge in [0.1, 0.15) is 0 Å². The van der Waals surface area contributed by atoms with Gasteiger partial charge in [0.25, 0.3) is 0 Å². The van der Waals surface area contributed by atoms with Gasteiger partial charge in [-0.3, -0.25) is 14.4 Å². The molecule has 0 radical (unpaired) electrons. The predicted octanol–water partition coefficient (Wildman–Crippen LogP) is 2.41. The fourth-order valence-electron chi connectivity index (χ4n) is 3.81.